The molecule has 3 aliphatic carbocycles. The molecule has 49 heavy (non-hydrogen) atoms. The maximum Gasteiger partial charge on any atom is 0.504 e. The SMILES string of the molecule is COc1ccc([B-]23OCC[N+]2(CNC(=O)C2=C(O)[C@]4(O)C(=O)C5=C(O)c6c(O)cccc6[C@](C)(O)[C@@H]5C[C@H]4[C@@H](N(C)C)C2=O)CCO3)cc1. The van der Waals surface area contributed by atoms with Gasteiger partial charge in [-0.25, -0.2) is 0 Å². The van der Waals surface area contributed by atoms with Gasteiger partial charge in [0.2, 0.25) is 5.78 Å². The first-order chi connectivity index (χ1) is 23.2. The Balaban J connectivity index is 1.27. The third-order valence-corrected chi connectivity index (χ3v) is 11.6. The van der Waals surface area contributed by atoms with Crippen molar-refractivity contribution in [2.45, 2.75) is 30.6 Å². The van der Waals surface area contributed by atoms with Gasteiger partial charge in [0.15, 0.2) is 11.4 Å². The highest BCUT2D eigenvalue weighted by atomic mass is 16.6. The van der Waals surface area contributed by atoms with Crippen molar-refractivity contribution in [3.05, 3.63) is 70.5 Å². The van der Waals surface area contributed by atoms with Crippen molar-refractivity contribution in [2.24, 2.45) is 11.8 Å². The van der Waals surface area contributed by atoms with Crippen molar-refractivity contribution in [3.63, 3.8) is 0 Å². The molecular weight excluding hydrogens is 637 g/mol. The fourth-order valence-corrected chi connectivity index (χ4v) is 9.04. The van der Waals surface area contributed by atoms with Crippen LogP contribution in [-0.4, -0.2) is 125 Å². The number of carbonyl (C=O) groups excluding carboxylic acids is 3. The average Bonchev–Trinajstić information content (AvgIpc) is 3.60. The van der Waals surface area contributed by atoms with Crippen molar-refractivity contribution in [3.8, 4) is 11.5 Å². The number of hydrogen-bond donors (Lipinski definition) is 6. The summed E-state index contributed by atoms with van der Waals surface area (Å²) in [5, 5.41) is 60.4. The number of ether oxygens (including phenoxy) is 1. The summed E-state index contributed by atoms with van der Waals surface area (Å²) in [5.41, 5.74) is -5.08. The number of aliphatic hydroxyl groups excluding tert-OH is 2. The van der Waals surface area contributed by atoms with Gasteiger partial charge in [-0.05, 0) is 51.2 Å². The molecule has 3 fully saturated rings. The number of likely N-dealkylation sites (N-methyl/N-ethyl adjacent to an activating group) is 1. The van der Waals surface area contributed by atoms with Crippen LogP contribution in [0.15, 0.2) is 59.4 Å². The summed E-state index contributed by atoms with van der Waals surface area (Å²) in [6.45, 7) is 0.922. The lowest BCUT2D eigenvalue weighted by molar-refractivity contribution is -0.822. The molecule has 15 heteroatoms. The number of nitrogens with one attached hydrogen (secondary N) is 1. The number of carbonyl (C=O) groups is 3. The fourth-order valence-electron chi connectivity index (χ4n) is 9.04. The molecular formula is C34H40BN3O11. The Morgan fingerprint density at radius 3 is 2.33 bits per heavy atom. The number of quaternary nitrogens is 1. The number of aliphatic hydroxyl groups is 4. The van der Waals surface area contributed by atoms with E-state index in [1.54, 1.807) is 33.3 Å². The average molecular weight is 678 g/mol. The number of benzene rings is 2. The van der Waals surface area contributed by atoms with Crippen LogP contribution in [0, 0.1) is 11.8 Å². The number of rotatable bonds is 6. The largest absolute Gasteiger partial charge is 0.508 e. The van der Waals surface area contributed by atoms with E-state index in [0.717, 1.165) is 5.46 Å². The van der Waals surface area contributed by atoms with Gasteiger partial charge in [-0.2, -0.15) is 0 Å². The van der Waals surface area contributed by atoms with E-state index in [0.29, 0.717) is 32.1 Å². The molecule has 0 spiro atoms. The topological polar surface area (TPSA) is 195 Å². The van der Waals surface area contributed by atoms with Crippen LogP contribution in [0.3, 0.4) is 0 Å². The zero-order valence-electron chi connectivity index (χ0n) is 27.7. The molecule has 0 aromatic heterocycles. The molecule has 0 bridgehead atoms. The molecule has 0 unspecified atom stereocenters. The smallest absolute Gasteiger partial charge is 0.504 e. The van der Waals surface area contributed by atoms with E-state index in [1.807, 2.05) is 12.1 Å². The minimum Gasteiger partial charge on any atom is -0.508 e. The van der Waals surface area contributed by atoms with Gasteiger partial charge in [0, 0.05) is 17.4 Å². The Kier molecular flexibility index (Phi) is 7.56. The molecule has 2 saturated heterocycles. The van der Waals surface area contributed by atoms with Crippen LogP contribution in [0.2, 0.25) is 0 Å². The molecule has 260 valence electrons. The van der Waals surface area contributed by atoms with Crippen LogP contribution in [0.5, 0.6) is 11.5 Å². The molecule has 5 aliphatic rings. The minimum atomic E-state index is -2.82. The summed E-state index contributed by atoms with van der Waals surface area (Å²) in [6, 6.07) is 10.3. The second kappa shape index (κ2) is 11.1. The molecule has 14 nitrogen and oxygen atoms in total. The lowest BCUT2D eigenvalue weighted by atomic mass is 9.54. The van der Waals surface area contributed by atoms with Crippen molar-refractivity contribution >= 4 is 35.4 Å². The normalized spacial score (nSPS) is 35.2. The first-order valence-corrected chi connectivity index (χ1v) is 16.3. The number of phenolic OH excluding ortho intramolecular Hbond substituents is 1. The minimum absolute atomic E-state index is 0.0513. The van der Waals surface area contributed by atoms with E-state index in [-0.39, 0.29) is 28.6 Å². The number of aromatic hydroxyl groups is 1. The summed E-state index contributed by atoms with van der Waals surface area (Å²) in [4.78, 5) is 44.0. The highest BCUT2D eigenvalue weighted by molar-refractivity contribution is 6.75. The monoisotopic (exact) mass is 677 g/mol. The second-order valence-corrected chi connectivity index (χ2v) is 14.1. The number of hydrogen-bond acceptors (Lipinski definition) is 12. The van der Waals surface area contributed by atoms with Gasteiger partial charge >= 0.3 is 6.69 Å². The zero-order chi connectivity index (χ0) is 35.3. The van der Waals surface area contributed by atoms with Crippen molar-refractivity contribution in [2.75, 3.05) is 54.2 Å². The van der Waals surface area contributed by atoms with Crippen LogP contribution in [-0.2, 0) is 29.3 Å². The maximum atomic E-state index is 14.4. The van der Waals surface area contributed by atoms with E-state index in [9.17, 15) is 39.9 Å². The molecule has 6 N–H and O–H groups in total. The molecule has 1 saturated carbocycles. The molecule has 2 heterocycles. The maximum absolute atomic E-state index is 14.4. The summed E-state index contributed by atoms with van der Waals surface area (Å²) in [7, 11) is 4.66. The molecule has 7 rings (SSSR count). The third kappa shape index (κ3) is 4.33. The van der Waals surface area contributed by atoms with Gasteiger partial charge in [-0.3, -0.25) is 19.3 Å². The first-order valence-electron chi connectivity index (χ1n) is 16.3. The number of nitrogens with zero attached hydrogens (tertiary/aromatic N) is 2. The van der Waals surface area contributed by atoms with Crippen molar-refractivity contribution in [1.29, 1.82) is 0 Å². The predicted molar refractivity (Wildman–Crippen MR) is 174 cm³/mol. The number of Topliss-reactive ketones (excluding diaryl/α,β-unsaturated/α-hetero) is 2. The quantitative estimate of drug-likeness (QED) is 0.177. The summed E-state index contributed by atoms with van der Waals surface area (Å²) in [5.74, 6) is -6.95. The highest BCUT2D eigenvalue weighted by Gasteiger charge is 2.67. The van der Waals surface area contributed by atoms with Crippen LogP contribution in [0.1, 0.15) is 24.5 Å². The van der Waals surface area contributed by atoms with Crippen LogP contribution >= 0.6 is 0 Å². The van der Waals surface area contributed by atoms with Gasteiger partial charge in [-0.1, -0.05) is 29.7 Å². The molecule has 2 aromatic carbocycles. The van der Waals surface area contributed by atoms with Gasteiger partial charge < -0.3 is 49.3 Å². The van der Waals surface area contributed by atoms with Gasteiger partial charge in [0.1, 0.15) is 35.3 Å². The predicted octanol–water partition coefficient (Wildman–Crippen LogP) is -0.0507. The van der Waals surface area contributed by atoms with Gasteiger partial charge in [0.05, 0.1) is 50.6 Å². The molecule has 0 radical (unpaired) electrons. The Labute approximate surface area is 282 Å². The summed E-state index contributed by atoms with van der Waals surface area (Å²) in [6.07, 6.45) is -0.223. The van der Waals surface area contributed by atoms with E-state index in [2.05, 4.69) is 5.32 Å². The van der Waals surface area contributed by atoms with Crippen LogP contribution in [0.25, 0.3) is 5.76 Å². The number of methoxy groups -OCH3 is 1. The Morgan fingerprint density at radius 1 is 1.06 bits per heavy atom. The van der Waals surface area contributed by atoms with E-state index >= 15 is 0 Å². The Bertz CT molecular complexity index is 1830. The highest BCUT2D eigenvalue weighted by Crippen LogP contribution is 2.57. The molecule has 5 atom stereocenters. The molecule has 2 aromatic rings. The molecule has 2 aliphatic heterocycles. The Morgan fingerprint density at radius 2 is 1.71 bits per heavy atom. The van der Waals surface area contributed by atoms with Crippen LogP contribution < -0.4 is 15.5 Å². The van der Waals surface area contributed by atoms with E-state index in [1.165, 1.54) is 30.0 Å². The number of ketones is 2. The number of amides is 1. The van der Waals surface area contributed by atoms with Crippen molar-refractivity contribution < 1.29 is 58.4 Å². The van der Waals surface area contributed by atoms with Gasteiger partial charge in [0.25, 0.3) is 5.91 Å². The summed E-state index contributed by atoms with van der Waals surface area (Å²) < 4.78 is 18.0. The van der Waals surface area contributed by atoms with Crippen molar-refractivity contribution in [1.82, 2.24) is 10.2 Å². The van der Waals surface area contributed by atoms with Crippen LogP contribution in [0.4, 0.5) is 0 Å². The zero-order valence-corrected chi connectivity index (χ0v) is 27.7. The van der Waals surface area contributed by atoms with E-state index < -0.39 is 81.7 Å². The fraction of sp³-hybridized carbons (Fsp3) is 0.441. The Hall–Kier alpha value is -4.25. The third-order valence-electron chi connectivity index (χ3n) is 11.6. The first kappa shape index (κ1) is 33.3. The van der Waals surface area contributed by atoms with E-state index in [4.69, 9.17) is 14.0 Å². The lowest BCUT2D eigenvalue weighted by Crippen LogP contribution is -2.72. The second-order valence-electron chi connectivity index (χ2n) is 14.1. The standard InChI is InChI=1S/C34H40BN3O11/c1-33(45)20-6-5-7-23(39)24(20)28(40)25-21(33)16-22-27(37(2)3)29(41)26(31(43)34(22,46)30(25)42)32(44)36-17-38-12-14-48-35(38,49-15-13-38)18-8-10-19(47-4)11-9-18/h5-11,21-22,27,39-40,43,45-46H,12-17H2,1-4H3,(H,36,44)/t21-,22+,27-,33+,34-,35?,38?/m1/s1. The number of phenols is 1. The molecule has 1 amide bonds. The number of fused-ring (bicyclic) bond motifs is 4. The lowest BCUT2D eigenvalue weighted by Gasteiger charge is -2.53. The summed E-state index contributed by atoms with van der Waals surface area (Å²) >= 11 is 0. The van der Waals surface area contributed by atoms with Gasteiger partial charge in [-0.15, -0.1) is 0 Å².